The molecule has 17 heavy (non-hydrogen) atoms. The van der Waals surface area contributed by atoms with Gasteiger partial charge in [0.2, 0.25) is 5.89 Å². The SMILES string of the molecule is Cc1oc(-c2ccccc2)nc1CCCCBr. The molecule has 90 valence electrons. The van der Waals surface area contributed by atoms with Crippen molar-refractivity contribution in [3.05, 3.63) is 41.8 Å². The molecule has 0 atom stereocenters. The molecule has 0 radical (unpaired) electrons. The van der Waals surface area contributed by atoms with Crippen LogP contribution in [-0.2, 0) is 6.42 Å². The maximum Gasteiger partial charge on any atom is 0.226 e. The third kappa shape index (κ3) is 3.19. The molecule has 0 bridgehead atoms. The van der Waals surface area contributed by atoms with Gasteiger partial charge in [-0.05, 0) is 38.3 Å². The lowest BCUT2D eigenvalue weighted by Crippen LogP contribution is -1.89. The lowest BCUT2D eigenvalue weighted by atomic mass is 10.2. The molecule has 1 heterocycles. The van der Waals surface area contributed by atoms with Crippen molar-refractivity contribution in [1.29, 1.82) is 0 Å². The number of hydrogen-bond acceptors (Lipinski definition) is 2. The van der Waals surface area contributed by atoms with Crippen LogP contribution in [0.3, 0.4) is 0 Å². The average Bonchev–Trinajstić information content (AvgIpc) is 2.73. The normalized spacial score (nSPS) is 10.7. The summed E-state index contributed by atoms with van der Waals surface area (Å²) in [6, 6.07) is 10.0. The molecule has 0 fully saturated rings. The monoisotopic (exact) mass is 293 g/mol. The lowest BCUT2D eigenvalue weighted by molar-refractivity contribution is 0.538. The maximum absolute atomic E-state index is 5.71. The van der Waals surface area contributed by atoms with Crippen molar-refractivity contribution in [3.8, 4) is 11.5 Å². The summed E-state index contributed by atoms with van der Waals surface area (Å²) in [6.45, 7) is 1.99. The first-order valence-electron chi connectivity index (χ1n) is 5.89. The number of rotatable bonds is 5. The van der Waals surface area contributed by atoms with E-state index in [-0.39, 0.29) is 0 Å². The van der Waals surface area contributed by atoms with E-state index in [9.17, 15) is 0 Å². The molecule has 0 N–H and O–H groups in total. The van der Waals surface area contributed by atoms with Gasteiger partial charge in [-0.3, -0.25) is 0 Å². The van der Waals surface area contributed by atoms with Gasteiger partial charge in [-0.25, -0.2) is 4.98 Å². The van der Waals surface area contributed by atoms with E-state index in [1.165, 1.54) is 6.42 Å². The molecule has 2 nitrogen and oxygen atoms in total. The van der Waals surface area contributed by atoms with Crippen molar-refractivity contribution >= 4 is 15.9 Å². The first-order valence-corrected chi connectivity index (χ1v) is 7.01. The third-order valence-corrected chi connectivity index (χ3v) is 3.27. The highest BCUT2D eigenvalue weighted by molar-refractivity contribution is 9.09. The zero-order valence-electron chi connectivity index (χ0n) is 9.95. The molecule has 2 aromatic rings. The van der Waals surface area contributed by atoms with Gasteiger partial charge in [-0.1, -0.05) is 34.1 Å². The maximum atomic E-state index is 5.71. The van der Waals surface area contributed by atoms with Crippen molar-refractivity contribution in [2.24, 2.45) is 0 Å². The Balaban J connectivity index is 2.13. The topological polar surface area (TPSA) is 26.0 Å². The minimum atomic E-state index is 0.733. The van der Waals surface area contributed by atoms with Crippen molar-refractivity contribution in [3.63, 3.8) is 0 Å². The Morgan fingerprint density at radius 3 is 2.65 bits per heavy atom. The number of aryl methyl sites for hydroxylation is 2. The highest BCUT2D eigenvalue weighted by Crippen LogP contribution is 2.22. The first-order chi connectivity index (χ1) is 8.31. The minimum absolute atomic E-state index is 0.733. The summed E-state index contributed by atoms with van der Waals surface area (Å²) in [5.41, 5.74) is 2.13. The van der Waals surface area contributed by atoms with E-state index in [2.05, 4.69) is 20.9 Å². The molecule has 0 aliphatic rings. The number of unbranched alkanes of at least 4 members (excludes halogenated alkanes) is 1. The number of benzene rings is 1. The van der Waals surface area contributed by atoms with Crippen LogP contribution in [0, 0.1) is 6.92 Å². The van der Waals surface area contributed by atoms with Gasteiger partial charge in [0.1, 0.15) is 5.76 Å². The van der Waals surface area contributed by atoms with Crippen molar-refractivity contribution < 1.29 is 4.42 Å². The fourth-order valence-electron chi connectivity index (χ4n) is 1.75. The van der Waals surface area contributed by atoms with E-state index < -0.39 is 0 Å². The predicted molar refractivity (Wildman–Crippen MR) is 73.4 cm³/mol. The van der Waals surface area contributed by atoms with Crippen LogP contribution in [0.5, 0.6) is 0 Å². The van der Waals surface area contributed by atoms with Crippen LogP contribution < -0.4 is 0 Å². The van der Waals surface area contributed by atoms with Crippen LogP contribution in [0.15, 0.2) is 34.7 Å². The Morgan fingerprint density at radius 2 is 1.94 bits per heavy atom. The third-order valence-electron chi connectivity index (χ3n) is 2.71. The van der Waals surface area contributed by atoms with Gasteiger partial charge in [-0.15, -0.1) is 0 Å². The van der Waals surface area contributed by atoms with E-state index in [4.69, 9.17) is 4.42 Å². The van der Waals surface area contributed by atoms with E-state index >= 15 is 0 Å². The molecule has 0 saturated carbocycles. The number of halogens is 1. The van der Waals surface area contributed by atoms with Crippen LogP contribution in [0.25, 0.3) is 11.5 Å². The van der Waals surface area contributed by atoms with Crippen LogP contribution in [0.2, 0.25) is 0 Å². The largest absolute Gasteiger partial charge is 0.441 e. The number of aromatic nitrogens is 1. The Hall–Kier alpha value is -1.09. The summed E-state index contributed by atoms with van der Waals surface area (Å²) >= 11 is 3.44. The fraction of sp³-hybridized carbons (Fsp3) is 0.357. The van der Waals surface area contributed by atoms with Crippen molar-refractivity contribution in [2.45, 2.75) is 26.2 Å². The zero-order valence-corrected chi connectivity index (χ0v) is 11.5. The fourth-order valence-corrected chi connectivity index (χ4v) is 2.15. The molecule has 0 spiro atoms. The summed E-state index contributed by atoms with van der Waals surface area (Å²) < 4.78 is 5.71. The molecular formula is C14H16BrNO. The standard InChI is InChI=1S/C14H16BrNO/c1-11-13(9-5-6-10-15)16-14(17-11)12-7-3-2-4-8-12/h2-4,7-8H,5-6,9-10H2,1H3. The Morgan fingerprint density at radius 1 is 1.18 bits per heavy atom. The second kappa shape index (κ2) is 6.01. The molecule has 0 aliphatic carbocycles. The van der Waals surface area contributed by atoms with Crippen LogP contribution in [0.1, 0.15) is 24.3 Å². The number of oxazole rings is 1. The van der Waals surface area contributed by atoms with Gasteiger partial charge in [-0.2, -0.15) is 0 Å². The van der Waals surface area contributed by atoms with Crippen LogP contribution in [0.4, 0.5) is 0 Å². The predicted octanol–water partition coefficient (Wildman–Crippen LogP) is 4.37. The molecule has 1 aromatic carbocycles. The molecule has 1 aromatic heterocycles. The van der Waals surface area contributed by atoms with Gasteiger partial charge < -0.3 is 4.42 Å². The summed E-state index contributed by atoms with van der Waals surface area (Å²) in [7, 11) is 0. The lowest BCUT2D eigenvalue weighted by Gasteiger charge is -1.94. The van der Waals surface area contributed by atoms with E-state index in [0.717, 1.165) is 41.1 Å². The molecular weight excluding hydrogens is 278 g/mol. The number of nitrogens with zero attached hydrogens (tertiary/aromatic N) is 1. The quantitative estimate of drug-likeness (QED) is 0.604. The zero-order chi connectivity index (χ0) is 12.1. The first kappa shape index (κ1) is 12.4. The Kier molecular flexibility index (Phi) is 4.37. The second-order valence-electron chi connectivity index (χ2n) is 4.03. The number of hydrogen-bond donors (Lipinski definition) is 0. The Labute approximate surface area is 110 Å². The summed E-state index contributed by atoms with van der Waals surface area (Å²) in [4.78, 5) is 4.57. The minimum Gasteiger partial charge on any atom is -0.441 e. The molecule has 2 rings (SSSR count). The van der Waals surface area contributed by atoms with Gasteiger partial charge in [0.05, 0.1) is 5.69 Å². The average molecular weight is 294 g/mol. The second-order valence-corrected chi connectivity index (χ2v) is 4.83. The van der Waals surface area contributed by atoms with Crippen molar-refractivity contribution in [1.82, 2.24) is 4.98 Å². The molecule has 0 aliphatic heterocycles. The van der Waals surface area contributed by atoms with Crippen molar-refractivity contribution in [2.75, 3.05) is 5.33 Å². The summed E-state index contributed by atoms with van der Waals surface area (Å²) in [5, 5.41) is 1.05. The molecule has 0 unspecified atom stereocenters. The number of alkyl halides is 1. The highest BCUT2D eigenvalue weighted by atomic mass is 79.9. The van der Waals surface area contributed by atoms with Gasteiger partial charge in [0.15, 0.2) is 0 Å². The summed E-state index contributed by atoms with van der Waals surface area (Å²) in [5.74, 6) is 1.68. The molecule has 3 heteroatoms. The van der Waals surface area contributed by atoms with Gasteiger partial charge in [0, 0.05) is 10.9 Å². The van der Waals surface area contributed by atoms with Gasteiger partial charge in [0.25, 0.3) is 0 Å². The smallest absolute Gasteiger partial charge is 0.226 e. The van der Waals surface area contributed by atoms with Crippen LogP contribution >= 0.6 is 15.9 Å². The summed E-state index contributed by atoms with van der Waals surface area (Å²) in [6.07, 6.45) is 3.31. The molecule has 0 saturated heterocycles. The molecule has 0 amide bonds. The highest BCUT2D eigenvalue weighted by Gasteiger charge is 2.10. The Bertz CT molecular complexity index is 464. The van der Waals surface area contributed by atoms with E-state index in [1.54, 1.807) is 0 Å². The van der Waals surface area contributed by atoms with Gasteiger partial charge >= 0.3 is 0 Å². The van der Waals surface area contributed by atoms with E-state index in [0.29, 0.717) is 0 Å². The van der Waals surface area contributed by atoms with E-state index in [1.807, 2.05) is 37.3 Å². The van der Waals surface area contributed by atoms with Crippen LogP contribution in [-0.4, -0.2) is 10.3 Å².